The van der Waals surface area contributed by atoms with Crippen molar-refractivity contribution in [3.8, 4) is 16.9 Å². The second-order valence-electron chi connectivity index (χ2n) is 11.4. The first-order valence-electron chi connectivity index (χ1n) is 13.8. The Morgan fingerprint density at radius 3 is 1.95 bits per heavy atom. The molecule has 0 aliphatic heterocycles. The number of rotatable bonds is 12. The Bertz CT molecular complexity index is 1170. The summed E-state index contributed by atoms with van der Waals surface area (Å²) >= 11 is 0. The fourth-order valence-corrected chi connectivity index (χ4v) is 5.14. The van der Waals surface area contributed by atoms with E-state index in [-0.39, 0.29) is 10.8 Å². The first-order valence-corrected chi connectivity index (χ1v) is 13.8. The molecule has 3 aromatic rings. The Morgan fingerprint density at radius 2 is 1.42 bits per heavy atom. The molecule has 0 amide bonds. The molecule has 1 N–H and O–H groups in total. The van der Waals surface area contributed by atoms with E-state index in [0.29, 0.717) is 13.2 Å². The number of ether oxygens (including phenoxy) is 1. The molecule has 4 heteroatoms. The summed E-state index contributed by atoms with van der Waals surface area (Å²) in [6.45, 7) is 15.8. The van der Waals surface area contributed by atoms with Crippen molar-refractivity contribution in [2.75, 3.05) is 20.3 Å². The molecule has 1 unspecified atom stereocenters. The van der Waals surface area contributed by atoms with Gasteiger partial charge in [0.15, 0.2) is 0 Å². The van der Waals surface area contributed by atoms with Crippen molar-refractivity contribution in [2.45, 2.75) is 79.2 Å². The molecule has 0 aromatic heterocycles. The minimum atomic E-state index is -0.519. The summed E-state index contributed by atoms with van der Waals surface area (Å²) in [6, 6.07) is 22.2. The zero-order chi connectivity index (χ0) is 27.9. The van der Waals surface area contributed by atoms with Crippen LogP contribution < -0.4 is 4.74 Å². The highest BCUT2D eigenvalue weighted by Crippen LogP contribution is 2.41. The SMILES string of the molecule is CCC(CC)(c1ccc(OCC(O)C(C)(C)C)c(C)c1)c1ccc(-c2ccc(CCOOC)cc2)c(C)c1. The monoisotopic (exact) mass is 518 g/mol. The first kappa shape index (κ1) is 29.9. The molecule has 38 heavy (non-hydrogen) atoms. The van der Waals surface area contributed by atoms with Crippen molar-refractivity contribution in [2.24, 2.45) is 5.41 Å². The van der Waals surface area contributed by atoms with Gasteiger partial charge in [0.25, 0.3) is 0 Å². The van der Waals surface area contributed by atoms with Crippen LogP contribution in [0.1, 0.15) is 75.3 Å². The van der Waals surface area contributed by atoms with Crippen LogP contribution in [0, 0.1) is 19.3 Å². The van der Waals surface area contributed by atoms with Crippen molar-refractivity contribution in [3.63, 3.8) is 0 Å². The maximum absolute atomic E-state index is 10.4. The summed E-state index contributed by atoms with van der Waals surface area (Å²) in [5.74, 6) is 0.835. The Labute approximate surface area is 229 Å². The molecule has 3 rings (SSSR count). The largest absolute Gasteiger partial charge is 0.491 e. The number of benzene rings is 3. The molecule has 0 heterocycles. The molecular formula is C34H46O4. The van der Waals surface area contributed by atoms with Crippen LogP contribution in [0.3, 0.4) is 0 Å². The molecule has 0 fully saturated rings. The highest BCUT2D eigenvalue weighted by Gasteiger charge is 2.31. The summed E-state index contributed by atoms with van der Waals surface area (Å²) in [7, 11) is 1.53. The van der Waals surface area contributed by atoms with Gasteiger partial charge in [0.2, 0.25) is 0 Å². The van der Waals surface area contributed by atoms with Crippen LogP contribution in [-0.2, 0) is 21.6 Å². The number of hydrogen-bond donors (Lipinski definition) is 1. The second-order valence-corrected chi connectivity index (χ2v) is 11.4. The number of hydrogen-bond acceptors (Lipinski definition) is 4. The van der Waals surface area contributed by atoms with Crippen LogP contribution in [0.5, 0.6) is 5.75 Å². The molecule has 0 spiro atoms. The standard InChI is InChI=1S/C34H46O4/c1-9-34(10-2,29-16-18-31(25(4)22-29)37-23-32(35)33(5,6)7)28-15-17-30(24(3)21-28)27-13-11-26(12-14-27)19-20-38-36-8/h11-18,21-22,32,35H,9-10,19-20,23H2,1-8H3. The van der Waals surface area contributed by atoms with Crippen LogP contribution in [0.25, 0.3) is 11.1 Å². The van der Waals surface area contributed by atoms with Gasteiger partial charge in [-0.15, -0.1) is 0 Å². The van der Waals surface area contributed by atoms with Gasteiger partial charge in [0, 0.05) is 5.41 Å². The van der Waals surface area contributed by atoms with Crippen LogP contribution in [0.15, 0.2) is 60.7 Å². The van der Waals surface area contributed by atoms with Gasteiger partial charge in [-0.1, -0.05) is 89.2 Å². The third-order valence-corrected chi connectivity index (χ3v) is 7.97. The maximum Gasteiger partial charge on any atom is 0.122 e. The highest BCUT2D eigenvalue weighted by atomic mass is 17.2. The average Bonchev–Trinajstić information content (AvgIpc) is 2.89. The lowest BCUT2D eigenvalue weighted by Crippen LogP contribution is -2.32. The molecule has 0 aliphatic carbocycles. The van der Waals surface area contributed by atoms with Crippen LogP contribution >= 0.6 is 0 Å². The smallest absolute Gasteiger partial charge is 0.122 e. The number of aliphatic hydroxyl groups is 1. The molecule has 206 valence electrons. The summed E-state index contributed by atoms with van der Waals surface area (Å²) < 4.78 is 6.02. The molecule has 0 bridgehead atoms. The van der Waals surface area contributed by atoms with Crippen LogP contribution in [0.2, 0.25) is 0 Å². The van der Waals surface area contributed by atoms with Gasteiger partial charge >= 0.3 is 0 Å². The molecule has 4 nitrogen and oxygen atoms in total. The topological polar surface area (TPSA) is 47.9 Å². The van der Waals surface area contributed by atoms with E-state index in [1.165, 1.54) is 40.5 Å². The summed E-state index contributed by atoms with van der Waals surface area (Å²) in [4.78, 5) is 9.69. The van der Waals surface area contributed by atoms with Gasteiger partial charge < -0.3 is 9.84 Å². The zero-order valence-electron chi connectivity index (χ0n) is 24.6. The predicted octanol–water partition coefficient (Wildman–Crippen LogP) is 7.98. The van der Waals surface area contributed by atoms with E-state index in [0.717, 1.165) is 30.6 Å². The van der Waals surface area contributed by atoms with Gasteiger partial charge in [0.1, 0.15) is 12.4 Å². The van der Waals surface area contributed by atoms with E-state index in [1.54, 1.807) is 0 Å². The minimum absolute atomic E-state index is 0.0806. The second kappa shape index (κ2) is 12.9. The molecule has 0 saturated heterocycles. The van der Waals surface area contributed by atoms with E-state index in [4.69, 9.17) is 9.62 Å². The van der Waals surface area contributed by atoms with Crippen molar-refractivity contribution in [1.29, 1.82) is 0 Å². The fraction of sp³-hybridized carbons (Fsp3) is 0.471. The first-order chi connectivity index (χ1) is 18.1. The third kappa shape index (κ3) is 6.85. The predicted molar refractivity (Wildman–Crippen MR) is 157 cm³/mol. The summed E-state index contributed by atoms with van der Waals surface area (Å²) in [6.07, 6.45) is 2.31. The highest BCUT2D eigenvalue weighted by molar-refractivity contribution is 5.68. The molecule has 0 radical (unpaired) electrons. The Balaban J connectivity index is 1.86. The van der Waals surface area contributed by atoms with E-state index in [2.05, 4.69) is 93.2 Å². The van der Waals surface area contributed by atoms with Crippen molar-refractivity contribution in [1.82, 2.24) is 0 Å². The van der Waals surface area contributed by atoms with Crippen molar-refractivity contribution >= 4 is 0 Å². The maximum atomic E-state index is 10.4. The van der Waals surface area contributed by atoms with Gasteiger partial charge in [-0.2, -0.15) is 0 Å². The van der Waals surface area contributed by atoms with E-state index < -0.39 is 6.10 Å². The Hall–Kier alpha value is -2.66. The lowest BCUT2D eigenvalue weighted by Gasteiger charge is -2.34. The summed E-state index contributed by atoms with van der Waals surface area (Å²) in [5.41, 5.74) is 8.43. The quantitative estimate of drug-likeness (QED) is 0.150. The van der Waals surface area contributed by atoms with Gasteiger partial charge in [-0.3, -0.25) is 0 Å². The number of aryl methyl sites for hydroxylation is 2. The van der Waals surface area contributed by atoms with E-state index in [1.807, 2.05) is 20.8 Å². The van der Waals surface area contributed by atoms with Crippen molar-refractivity contribution in [3.05, 3.63) is 88.5 Å². The average molecular weight is 519 g/mol. The van der Waals surface area contributed by atoms with Crippen LogP contribution in [0.4, 0.5) is 0 Å². The van der Waals surface area contributed by atoms with Gasteiger partial charge in [0.05, 0.1) is 19.8 Å². The normalized spacial score (nSPS) is 13.0. The molecule has 0 saturated carbocycles. The van der Waals surface area contributed by atoms with Gasteiger partial charge in [-0.05, 0) is 83.5 Å². The Morgan fingerprint density at radius 1 is 0.816 bits per heavy atom. The van der Waals surface area contributed by atoms with Crippen LogP contribution in [-0.4, -0.2) is 31.5 Å². The number of aliphatic hydroxyl groups excluding tert-OH is 1. The summed E-state index contributed by atoms with van der Waals surface area (Å²) in [5, 5.41) is 10.4. The zero-order valence-corrected chi connectivity index (χ0v) is 24.6. The fourth-order valence-electron chi connectivity index (χ4n) is 5.14. The van der Waals surface area contributed by atoms with Gasteiger partial charge in [-0.25, -0.2) is 9.78 Å². The molecule has 1 atom stereocenters. The lowest BCUT2D eigenvalue weighted by atomic mass is 9.69. The third-order valence-electron chi connectivity index (χ3n) is 7.97. The molecule has 3 aromatic carbocycles. The Kier molecular flexibility index (Phi) is 10.2. The van der Waals surface area contributed by atoms with E-state index >= 15 is 0 Å². The molecular weight excluding hydrogens is 472 g/mol. The van der Waals surface area contributed by atoms with E-state index in [9.17, 15) is 5.11 Å². The minimum Gasteiger partial charge on any atom is -0.491 e. The lowest BCUT2D eigenvalue weighted by molar-refractivity contribution is -0.271. The molecule has 0 aliphatic rings. The van der Waals surface area contributed by atoms with Crippen molar-refractivity contribution < 1.29 is 19.6 Å².